The summed E-state index contributed by atoms with van der Waals surface area (Å²) in [5.74, 6) is 0.968. The van der Waals surface area contributed by atoms with Gasteiger partial charge in [0.1, 0.15) is 5.82 Å². The van der Waals surface area contributed by atoms with Crippen molar-refractivity contribution in [1.29, 1.82) is 0 Å². The molecule has 1 aromatic rings. The van der Waals surface area contributed by atoms with Crippen LogP contribution in [0.2, 0.25) is 0 Å². The van der Waals surface area contributed by atoms with E-state index in [1.807, 2.05) is 4.57 Å². The van der Waals surface area contributed by atoms with Crippen LogP contribution in [0.5, 0.6) is 0 Å². The molecule has 0 atom stereocenters. The molecule has 0 amide bonds. The maximum atomic E-state index is 11.9. The molecule has 0 saturated carbocycles. The molecule has 0 spiro atoms. The molecule has 0 bridgehead atoms. The average Bonchev–Trinajstić information content (AvgIpc) is 2.63. The Morgan fingerprint density at radius 1 is 1.25 bits per heavy atom. The van der Waals surface area contributed by atoms with E-state index in [1.54, 1.807) is 4.68 Å². The Labute approximate surface area is 95.2 Å². The van der Waals surface area contributed by atoms with Gasteiger partial charge in [0.15, 0.2) is 0 Å². The predicted octanol–water partition coefficient (Wildman–Crippen LogP) is 0.510. The van der Waals surface area contributed by atoms with Crippen LogP contribution in [0.1, 0.15) is 37.9 Å². The minimum atomic E-state index is 0.0717. The van der Waals surface area contributed by atoms with Crippen LogP contribution < -0.4 is 11.4 Å². The van der Waals surface area contributed by atoms with Crippen molar-refractivity contribution in [2.24, 2.45) is 5.73 Å². The zero-order valence-corrected chi connectivity index (χ0v) is 9.69. The number of aryl methyl sites for hydroxylation is 2. The highest BCUT2D eigenvalue weighted by atomic mass is 16.2. The van der Waals surface area contributed by atoms with Crippen LogP contribution in [0.3, 0.4) is 0 Å². The molecular weight excluding hydrogens is 204 g/mol. The summed E-state index contributed by atoms with van der Waals surface area (Å²) in [6, 6.07) is 0. The van der Waals surface area contributed by atoms with Crippen molar-refractivity contribution in [3.63, 3.8) is 0 Å². The van der Waals surface area contributed by atoms with Crippen LogP contribution in [0.25, 0.3) is 0 Å². The molecule has 0 aliphatic carbocycles. The lowest BCUT2D eigenvalue weighted by Gasteiger charge is -2.09. The Bertz CT molecular complexity index is 393. The summed E-state index contributed by atoms with van der Waals surface area (Å²) in [6.45, 7) is 2.31. The van der Waals surface area contributed by atoms with Crippen molar-refractivity contribution >= 4 is 0 Å². The molecule has 0 saturated heterocycles. The van der Waals surface area contributed by atoms with Gasteiger partial charge in [-0.3, -0.25) is 4.57 Å². The lowest BCUT2D eigenvalue weighted by molar-refractivity contribution is 0.506. The molecule has 5 nitrogen and oxygen atoms in total. The van der Waals surface area contributed by atoms with Gasteiger partial charge in [-0.25, -0.2) is 9.48 Å². The maximum Gasteiger partial charge on any atom is 0.345 e. The van der Waals surface area contributed by atoms with Crippen molar-refractivity contribution in [3.8, 4) is 0 Å². The first-order valence-electron chi connectivity index (χ1n) is 6.19. The zero-order chi connectivity index (χ0) is 11.4. The van der Waals surface area contributed by atoms with Crippen molar-refractivity contribution in [2.45, 2.75) is 51.6 Å². The SMILES string of the molecule is NCCCCCn1nc2n(c1=O)CCCC2. The molecule has 2 rings (SSSR count). The third-order valence-electron chi connectivity index (χ3n) is 3.11. The van der Waals surface area contributed by atoms with E-state index in [-0.39, 0.29) is 5.69 Å². The molecule has 2 N–H and O–H groups in total. The molecule has 2 heterocycles. The van der Waals surface area contributed by atoms with Gasteiger partial charge in [0.05, 0.1) is 0 Å². The zero-order valence-electron chi connectivity index (χ0n) is 9.69. The minimum absolute atomic E-state index is 0.0717. The molecule has 0 aromatic carbocycles. The molecule has 1 aromatic heterocycles. The Kier molecular flexibility index (Phi) is 3.77. The molecule has 16 heavy (non-hydrogen) atoms. The van der Waals surface area contributed by atoms with Gasteiger partial charge in [0.2, 0.25) is 0 Å². The highest BCUT2D eigenvalue weighted by Crippen LogP contribution is 2.09. The summed E-state index contributed by atoms with van der Waals surface area (Å²) in [4.78, 5) is 11.9. The minimum Gasteiger partial charge on any atom is -0.330 e. The van der Waals surface area contributed by atoms with E-state index in [2.05, 4.69) is 5.10 Å². The molecule has 90 valence electrons. The first-order valence-corrected chi connectivity index (χ1v) is 6.19. The highest BCUT2D eigenvalue weighted by molar-refractivity contribution is 4.91. The number of unbranched alkanes of at least 4 members (excludes halogenated alkanes) is 2. The standard InChI is InChI=1S/C11H20N4O/c12-7-3-1-4-9-15-11(16)14-8-5-2-6-10(14)13-15/h1-9,12H2. The van der Waals surface area contributed by atoms with Gasteiger partial charge in [-0.1, -0.05) is 6.42 Å². The Hall–Kier alpha value is -1.10. The fourth-order valence-corrected chi connectivity index (χ4v) is 2.18. The van der Waals surface area contributed by atoms with Crippen LogP contribution in [0.15, 0.2) is 4.79 Å². The Morgan fingerprint density at radius 3 is 2.88 bits per heavy atom. The third kappa shape index (κ3) is 2.35. The van der Waals surface area contributed by atoms with Gasteiger partial charge < -0.3 is 5.73 Å². The van der Waals surface area contributed by atoms with Crippen molar-refractivity contribution in [2.75, 3.05) is 6.54 Å². The second-order valence-electron chi connectivity index (χ2n) is 4.38. The van der Waals surface area contributed by atoms with Gasteiger partial charge in [-0.05, 0) is 32.2 Å². The van der Waals surface area contributed by atoms with Gasteiger partial charge >= 0.3 is 5.69 Å². The molecule has 0 fully saturated rings. The quantitative estimate of drug-likeness (QED) is 0.741. The second kappa shape index (κ2) is 5.30. The second-order valence-corrected chi connectivity index (χ2v) is 4.38. The van der Waals surface area contributed by atoms with E-state index in [0.29, 0.717) is 0 Å². The van der Waals surface area contributed by atoms with Crippen LogP contribution >= 0.6 is 0 Å². The maximum absolute atomic E-state index is 11.9. The summed E-state index contributed by atoms with van der Waals surface area (Å²) in [6.07, 6.45) is 6.31. The fourth-order valence-electron chi connectivity index (χ4n) is 2.18. The lowest BCUT2D eigenvalue weighted by atomic mass is 10.2. The monoisotopic (exact) mass is 224 g/mol. The van der Waals surface area contributed by atoms with Gasteiger partial charge in [0, 0.05) is 19.5 Å². The third-order valence-corrected chi connectivity index (χ3v) is 3.11. The van der Waals surface area contributed by atoms with E-state index in [4.69, 9.17) is 5.73 Å². The van der Waals surface area contributed by atoms with Crippen LogP contribution in [-0.4, -0.2) is 20.9 Å². The summed E-state index contributed by atoms with van der Waals surface area (Å²) in [5.41, 5.74) is 5.50. The van der Waals surface area contributed by atoms with Gasteiger partial charge in [-0.2, -0.15) is 5.10 Å². The number of hydrogen-bond acceptors (Lipinski definition) is 3. The highest BCUT2D eigenvalue weighted by Gasteiger charge is 2.15. The number of rotatable bonds is 5. The van der Waals surface area contributed by atoms with E-state index >= 15 is 0 Å². The summed E-state index contributed by atoms with van der Waals surface area (Å²) in [7, 11) is 0. The van der Waals surface area contributed by atoms with Crippen molar-refractivity contribution in [1.82, 2.24) is 14.3 Å². The topological polar surface area (TPSA) is 65.8 Å². The van der Waals surface area contributed by atoms with Crippen molar-refractivity contribution < 1.29 is 0 Å². The average molecular weight is 224 g/mol. The number of aromatic nitrogens is 3. The van der Waals surface area contributed by atoms with Gasteiger partial charge in [-0.15, -0.1) is 0 Å². The number of hydrogen-bond donors (Lipinski definition) is 1. The molecule has 1 aliphatic heterocycles. The van der Waals surface area contributed by atoms with E-state index in [1.165, 1.54) is 0 Å². The van der Waals surface area contributed by atoms with E-state index in [0.717, 1.165) is 64.0 Å². The summed E-state index contributed by atoms with van der Waals surface area (Å²) in [5, 5.41) is 4.38. The summed E-state index contributed by atoms with van der Waals surface area (Å²) >= 11 is 0. The largest absolute Gasteiger partial charge is 0.345 e. The molecule has 1 aliphatic rings. The first-order chi connectivity index (χ1) is 7.83. The molecule has 5 heteroatoms. The lowest BCUT2D eigenvalue weighted by Crippen LogP contribution is -2.27. The predicted molar refractivity (Wildman–Crippen MR) is 62.3 cm³/mol. The van der Waals surface area contributed by atoms with Crippen molar-refractivity contribution in [3.05, 3.63) is 16.3 Å². The Balaban J connectivity index is 1.99. The normalized spacial score (nSPS) is 15.1. The molecule has 0 radical (unpaired) electrons. The number of nitrogens with zero attached hydrogens (tertiary/aromatic N) is 3. The number of nitrogens with two attached hydrogens (primary N) is 1. The van der Waals surface area contributed by atoms with E-state index in [9.17, 15) is 4.79 Å². The smallest absolute Gasteiger partial charge is 0.330 e. The van der Waals surface area contributed by atoms with Crippen LogP contribution in [-0.2, 0) is 19.5 Å². The van der Waals surface area contributed by atoms with E-state index < -0.39 is 0 Å². The first kappa shape index (κ1) is 11.4. The molecular formula is C11H20N4O. The fraction of sp³-hybridized carbons (Fsp3) is 0.818. The number of fused-ring (bicyclic) bond motifs is 1. The Morgan fingerprint density at radius 2 is 2.12 bits per heavy atom. The van der Waals surface area contributed by atoms with Crippen LogP contribution in [0, 0.1) is 0 Å². The molecule has 0 unspecified atom stereocenters. The van der Waals surface area contributed by atoms with Crippen LogP contribution in [0.4, 0.5) is 0 Å². The summed E-state index contributed by atoms with van der Waals surface area (Å²) < 4.78 is 3.45. The van der Waals surface area contributed by atoms with Gasteiger partial charge in [0.25, 0.3) is 0 Å².